The van der Waals surface area contributed by atoms with Crippen LogP contribution < -0.4 is 15.4 Å². The van der Waals surface area contributed by atoms with Crippen molar-refractivity contribution in [1.29, 1.82) is 0 Å². The van der Waals surface area contributed by atoms with Crippen LogP contribution in [0.3, 0.4) is 0 Å². The van der Waals surface area contributed by atoms with E-state index >= 15 is 0 Å². The van der Waals surface area contributed by atoms with E-state index in [0.29, 0.717) is 40.8 Å². The van der Waals surface area contributed by atoms with E-state index in [0.717, 1.165) is 38.3 Å². The topological polar surface area (TPSA) is 82.6 Å². The van der Waals surface area contributed by atoms with Gasteiger partial charge in [0.1, 0.15) is 11.6 Å². The zero-order valence-corrected chi connectivity index (χ0v) is 22.0. The highest BCUT2D eigenvalue weighted by Crippen LogP contribution is 2.28. The average molecular weight is 547 g/mol. The molecule has 1 aliphatic heterocycles. The Hall–Kier alpha value is -2.98. The van der Waals surface area contributed by atoms with E-state index in [1.54, 1.807) is 18.5 Å². The summed E-state index contributed by atoms with van der Waals surface area (Å²) in [5.41, 5.74) is 1.76. The second-order valence-electron chi connectivity index (χ2n) is 8.77. The lowest BCUT2D eigenvalue weighted by atomic mass is 10.1. The summed E-state index contributed by atoms with van der Waals surface area (Å²) in [4.78, 5) is 25.6. The fourth-order valence-corrected chi connectivity index (χ4v) is 4.47. The zero-order valence-electron chi connectivity index (χ0n) is 20.5. The van der Waals surface area contributed by atoms with Crippen molar-refractivity contribution in [3.8, 4) is 17.1 Å². The van der Waals surface area contributed by atoms with E-state index in [1.165, 1.54) is 12.1 Å². The molecule has 0 atom stereocenters. The number of nitrogens with one attached hydrogen (secondary N) is 2. The first-order chi connectivity index (χ1) is 17.9. The Morgan fingerprint density at radius 3 is 2.62 bits per heavy atom. The van der Waals surface area contributed by atoms with Gasteiger partial charge in [-0.2, -0.15) is 0 Å². The minimum atomic E-state index is -0.513. The minimum Gasteiger partial charge on any atom is -0.493 e. The molecule has 11 heteroatoms. The van der Waals surface area contributed by atoms with Crippen LogP contribution in [0, 0.1) is 5.82 Å². The number of ether oxygens (including phenoxy) is 1. The van der Waals surface area contributed by atoms with Gasteiger partial charge in [0.25, 0.3) is 0 Å². The van der Waals surface area contributed by atoms with Gasteiger partial charge in [-0.15, -0.1) is 0 Å². The van der Waals surface area contributed by atoms with Crippen molar-refractivity contribution in [2.24, 2.45) is 0 Å². The van der Waals surface area contributed by atoms with E-state index < -0.39 is 5.82 Å². The number of benzene rings is 2. The Morgan fingerprint density at radius 1 is 1.11 bits per heavy atom. The van der Waals surface area contributed by atoms with Gasteiger partial charge in [-0.3, -0.25) is 4.90 Å². The zero-order chi connectivity index (χ0) is 26.2. The molecule has 3 aromatic rings. The quantitative estimate of drug-likeness (QED) is 0.382. The fraction of sp³-hybridized carbons (Fsp3) is 0.346. The van der Waals surface area contributed by atoms with Crippen LogP contribution in [0.15, 0.2) is 48.8 Å². The molecule has 0 saturated carbocycles. The molecule has 2 amide bonds. The largest absolute Gasteiger partial charge is 0.493 e. The van der Waals surface area contributed by atoms with Crippen molar-refractivity contribution in [2.45, 2.75) is 6.42 Å². The summed E-state index contributed by atoms with van der Waals surface area (Å²) >= 11 is 12.2. The van der Waals surface area contributed by atoms with Crippen molar-refractivity contribution in [3.05, 3.63) is 70.2 Å². The van der Waals surface area contributed by atoms with Crippen molar-refractivity contribution in [2.75, 3.05) is 58.2 Å². The number of halogens is 3. The first-order valence-corrected chi connectivity index (χ1v) is 12.8. The van der Waals surface area contributed by atoms with Gasteiger partial charge < -0.3 is 20.3 Å². The van der Waals surface area contributed by atoms with Gasteiger partial charge in [-0.25, -0.2) is 19.2 Å². The number of carbonyl (C=O) groups excluding carboxylic acids is 1. The Kier molecular flexibility index (Phi) is 9.51. The van der Waals surface area contributed by atoms with Crippen molar-refractivity contribution < 1.29 is 13.9 Å². The molecule has 0 bridgehead atoms. The van der Waals surface area contributed by atoms with Gasteiger partial charge in [0.05, 0.1) is 29.7 Å². The highest BCUT2D eigenvalue weighted by atomic mass is 35.5. The summed E-state index contributed by atoms with van der Waals surface area (Å²) in [7, 11) is 2.12. The highest BCUT2D eigenvalue weighted by molar-refractivity contribution is 6.36. The van der Waals surface area contributed by atoms with E-state index in [-0.39, 0.29) is 17.7 Å². The number of rotatable bonds is 9. The van der Waals surface area contributed by atoms with Crippen molar-refractivity contribution >= 4 is 34.9 Å². The monoisotopic (exact) mass is 546 g/mol. The van der Waals surface area contributed by atoms with Gasteiger partial charge in [-0.05, 0) is 36.9 Å². The number of anilines is 1. The third kappa shape index (κ3) is 7.75. The van der Waals surface area contributed by atoms with E-state index in [9.17, 15) is 9.18 Å². The van der Waals surface area contributed by atoms with Crippen LogP contribution >= 0.6 is 23.2 Å². The number of aromatic nitrogens is 2. The Labute approximate surface area is 225 Å². The SMILES string of the molecule is CN1CCN(CCNC(=O)Nc2cnc(-c3cccc(OCCc4c(Cl)ccc(F)c4Cl)c3)nc2)CC1. The third-order valence-corrected chi connectivity index (χ3v) is 6.83. The van der Waals surface area contributed by atoms with Crippen LogP contribution in [0.4, 0.5) is 14.9 Å². The predicted molar refractivity (Wildman–Crippen MR) is 144 cm³/mol. The maximum absolute atomic E-state index is 13.7. The number of hydrogen-bond acceptors (Lipinski definition) is 6. The molecule has 8 nitrogen and oxygen atoms in total. The van der Waals surface area contributed by atoms with Gasteiger partial charge in [-0.1, -0.05) is 35.3 Å². The number of piperazine rings is 1. The molecule has 1 aliphatic rings. The Bertz CT molecular complexity index is 1210. The molecular weight excluding hydrogens is 518 g/mol. The summed E-state index contributed by atoms with van der Waals surface area (Å²) in [6.07, 6.45) is 3.47. The highest BCUT2D eigenvalue weighted by Gasteiger charge is 2.14. The van der Waals surface area contributed by atoms with Crippen LogP contribution in [0.1, 0.15) is 5.56 Å². The Balaban J connectivity index is 1.25. The van der Waals surface area contributed by atoms with Crippen LogP contribution in [-0.2, 0) is 6.42 Å². The summed E-state index contributed by atoms with van der Waals surface area (Å²) in [5.74, 6) is 0.579. The van der Waals surface area contributed by atoms with Crippen LogP contribution in [0.25, 0.3) is 11.4 Å². The summed E-state index contributed by atoms with van der Waals surface area (Å²) in [5, 5.41) is 6.04. The fourth-order valence-electron chi connectivity index (χ4n) is 3.91. The first kappa shape index (κ1) is 27.1. The van der Waals surface area contributed by atoms with Gasteiger partial charge in [0.2, 0.25) is 0 Å². The minimum absolute atomic E-state index is 0.00987. The van der Waals surface area contributed by atoms with Crippen LogP contribution in [0.2, 0.25) is 10.0 Å². The predicted octanol–water partition coefficient (Wildman–Crippen LogP) is 4.58. The van der Waals surface area contributed by atoms with Gasteiger partial charge in [0, 0.05) is 56.3 Å². The van der Waals surface area contributed by atoms with Gasteiger partial charge >= 0.3 is 6.03 Å². The average Bonchev–Trinajstić information content (AvgIpc) is 2.90. The number of urea groups is 1. The van der Waals surface area contributed by atoms with E-state index in [1.807, 2.05) is 18.2 Å². The smallest absolute Gasteiger partial charge is 0.319 e. The number of amides is 2. The van der Waals surface area contributed by atoms with Crippen LogP contribution in [0.5, 0.6) is 5.75 Å². The number of likely N-dealkylation sites (N-methyl/N-ethyl adjacent to an activating group) is 1. The molecule has 2 aromatic carbocycles. The molecule has 1 fully saturated rings. The number of nitrogens with zero attached hydrogens (tertiary/aromatic N) is 4. The third-order valence-electron chi connectivity index (χ3n) is 6.07. The molecule has 4 rings (SSSR count). The number of hydrogen-bond donors (Lipinski definition) is 2. The molecule has 1 aromatic heterocycles. The standard InChI is InChI=1S/C26H29Cl2FN6O2/c1-34-10-12-35(13-11-34)9-8-30-26(36)33-19-16-31-25(32-17-19)18-3-2-4-20(15-18)37-14-7-21-22(27)5-6-23(29)24(21)28/h2-6,15-17H,7-14H2,1H3,(H2,30,33,36). The lowest BCUT2D eigenvalue weighted by molar-refractivity contribution is 0.155. The maximum Gasteiger partial charge on any atom is 0.319 e. The molecule has 0 spiro atoms. The molecule has 37 heavy (non-hydrogen) atoms. The molecular formula is C26H29Cl2FN6O2. The molecule has 2 N–H and O–H groups in total. The molecule has 196 valence electrons. The van der Waals surface area contributed by atoms with Crippen molar-refractivity contribution in [3.63, 3.8) is 0 Å². The summed E-state index contributed by atoms with van der Waals surface area (Å²) in [6, 6.07) is 9.73. The first-order valence-electron chi connectivity index (χ1n) is 12.0. The van der Waals surface area contributed by atoms with Crippen molar-refractivity contribution in [1.82, 2.24) is 25.1 Å². The normalized spacial score (nSPS) is 14.4. The lowest BCUT2D eigenvalue weighted by Gasteiger charge is -2.32. The molecule has 0 radical (unpaired) electrons. The summed E-state index contributed by atoms with van der Waals surface area (Å²) in [6.45, 7) is 5.76. The summed E-state index contributed by atoms with van der Waals surface area (Å²) < 4.78 is 19.5. The van der Waals surface area contributed by atoms with E-state index in [4.69, 9.17) is 27.9 Å². The van der Waals surface area contributed by atoms with Gasteiger partial charge in [0.15, 0.2) is 5.82 Å². The number of carbonyl (C=O) groups is 1. The van der Waals surface area contributed by atoms with Crippen LogP contribution in [-0.4, -0.2) is 78.7 Å². The molecule has 0 aliphatic carbocycles. The second kappa shape index (κ2) is 13.0. The molecule has 1 saturated heterocycles. The maximum atomic E-state index is 13.7. The Morgan fingerprint density at radius 2 is 1.86 bits per heavy atom. The second-order valence-corrected chi connectivity index (χ2v) is 9.55. The molecule has 0 unspecified atom stereocenters. The molecule has 2 heterocycles. The lowest BCUT2D eigenvalue weighted by Crippen LogP contribution is -2.47. The van der Waals surface area contributed by atoms with E-state index in [2.05, 4.69) is 37.4 Å².